The van der Waals surface area contributed by atoms with Crippen LogP contribution in [0.25, 0.3) is 16.5 Å². The predicted molar refractivity (Wildman–Crippen MR) is 119 cm³/mol. The van der Waals surface area contributed by atoms with Crippen molar-refractivity contribution in [3.63, 3.8) is 0 Å². The Labute approximate surface area is 176 Å². The lowest BCUT2D eigenvalue weighted by Crippen LogP contribution is -2.24. The fraction of sp³-hybridized carbons (Fsp3) is 0.0435. The standard InChI is InChI=1S/C23H18BrN3O2/c24-19-8-11-22(12-9-19)29-16-23(28)26-25-15-21-6-3-13-27(21)20-10-7-17-4-1-2-5-18(17)14-20/h1-15H,16H2,(H,26,28)/b25-15+. The van der Waals surface area contributed by atoms with Gasteiger partial charge in [-0.05, 0) is 59.3 Å². The van der Waals surface area contributed by atoms with Crippen molar-refractivity contribution in [2.24, 2.45) is 5.10 Å². The van der Waals surface area contributed by atoms with Crippen molar-refractivity contribution >= 4 is 38.8 Å². The maximum absolute atomic E-state index is 11.9. The first-order valence-electron chi connectivity index (χ1n) is 9.06. The Hall–Kier alpha value is -3.38. The van der Waals surface area contributed by atoms with Crippen LogP contribution in [-0.4, -0.2) is 23.3 Å². The lowest BCUT2D eigenvalue weighted by atomic mass is 10.1. The highest BCUT2D eigenvalue weighted by molar-refractivity contribution is 9.10. The third-order valence-corrected chi connectivity index (χ3v) is 4.89. The van der Waals surface area contributed by atoms with Gasteiger partial charge in [0, 0.05) is 16.4 Å². The minimum absolute atomic E-state index is 0.106. The summed E-state index contributed by atoms with van der Waals surface area (Å²) in [5.74, 6) is 0.297. The average molecular weight is 448 g/mol. The van der Waals surface area contributed by atoms with Gasteiger partial charge in [-0.15, -0.1) is 0 Å². The lowest BCUT2D eigenvalue weighted by molar-refractivity contribution is -0.123. The van der Waals surface area contributed by atoms with E-state index >= 15 is 0 Å². The van der Waals surface area contributed by atoms with E-state index in [9.17, 15) is 4.79 Å². The van der Waals surface area contributed by atoms with E-state index in [-0.39, 0.29) is 12.5 Å². The lowest BCUT2D eigenvalue weighted by Gasteiger charge is -2.08. The average Bonchev–Trinajstić information content (AvgIpc) is 3.21. The molecule has 0 atom stereocenters. The van der Waals surface area contributed by atoms with E-state index in [2.05, 4.69) is 56.8 Å². The van der Waals surface area contributed by atoms with Crippen LogP contribution in [-0.2, 0) is 4.79 Å². The van der Waals surface area contributed by atoms with Crippen LogP contribution >= 0.6 is 15.9 Å². The molecule has 4 aromatic rings. The van der Waals surface area contributed by atoms with Gasteiger partial charge in [-0.1, -0.05) is 46.3 Å². The highest BCUT2D eigenvalue weighted by atomic mass is 79.9. The van der Waals surface area contributed by atoms with Crippen LogP contribution in [0.2, 0.25) is 0 Å². The van der Waals surface area contributed by atoms with Gasteiger partial charge in [-0.25, -0.2) is 5.43 Å². The van der Waals surface area contributed by atoms with Crippen molar-refractivity contribution in [1.29, 1.82) is 0 Å². The van der Waals surface area contributed by atoms with Gasteiger partial charge in [0.25, 0.3) is 5.91 Å². The van der Waals surface area contributed by atoms with Gasteiger partial charge in [0.05, 0.1) is 11.9 Å². The molecule has 29 heavy (non-hydrogen) atoms. The van der Waals surface area contributed by atoms with Crippen molar-refractivity contribution in [1.82, 2.24) is 9.99 Å². The van der Waals surface area contributed by atoms with Crippen molar-refractivity contribution in [3.05, 3.63) is 95.2 Å². The van der Waals surface area contributed by atoms with Crippen LogP contribution in [0, 0.1) is 0 Å². The number of rotatable bonds is 6. The van der Waals surface area contributed by atoms with E-state index < -0.39 is 0 Å². The van der Waals surface area contributed by atoms with E-state index in [1.165, 1.54) is 10.8 Å². The summed E-state index contributed by atoms with van der Waals surface area (Å²) in [6, 6.07) is 25.7. The number of carbonyl (C=O) groups is 1. The van der Waals surface area contributed by atoms with Gasteiger partial charge in [-0.3, -0.25) is 4.79 Å². The second kappa shape index (κ2) is 8.75. The number of amides is 1. The third kappa shape index (κ3) is 4.73. The van der Waals surface area contributed by atoms with Crippen LogP contribution in [0.5, 0.6) is 5.75 Å². The molecular formula is C23H18BrN3O2. The first kappa shape index (κ1) is 19.0. The van der Waals surface area contributed by atoms with Gasteiger partial charge in [0.2, 0.25) is 0 Å². The van der Waals surface area contributed by atoms with Crippen LogP contribution in [0.15, 0.2) is 94.6 Å². The molecule has 0 saturated carbocycles. The zero-order chi connectivity index (χ0) is 20.1. The number of nitrogens with one attached hydrogen (secondary N) is 1. The monoisotopic (exact) mass is 447 g/mol. The van der Waals surface area contributed by atoms with Crippen molar-refractivity contribution in [2.45, 2.75) is 0 Å². The van der Waals surface area contributed by atoms with Gasteiger partial charge in [0.15, 0.2) is 6.61 Å². The number of fused-ring (bicyclic) bond motifs is 1. The molecule has 0 aliphatic carbocycles. The highest BCUT2D eigenvalue weighted by Gasteiger charge is 2.04. The molecule has 1 N–H and O–H groups in total. The molecule has 144 valence electrons. The number of carbonyl (C=O) groups excluding carboxylic acids is 1. The molecule has 0 aliphatic rings. The summed E-state index contributed by atoms with van der Waals surface area (Å²) in [6.07, 6.45) is 3.58. The number of hydrazone groups is 1. The molecule has 0 spiro atoms. The first-order chi connectivity index (χ1) is 14.2. The summed E-state index contributed by atoms with van der Waals surface area (Å²) in [4.78, 5) is 11.9. The zero-order valence-electron chi connectivity index (χ0n) is 15.5. The maximum atomic E-state index is 11.9. The van der Waals surface area contributed by atoms with E-state index in [4.69, 9.17) is 4.74 Å². The highest BCUT2D eigenvalue weighted by Crippen LogP contribution is 2.20. The minimum atomic E-state index is -0.326. The van der Waals surface area contributed by atoms with E-state index in [0.29, 0.717) is 5.75 Å². The molecule has 5 nitrogen and oxygen atoms in total. The predicted octanol–water partition coefficient (Wildman–Crippen LogP) is 4.92. The third-order valence-electron chi connectivity index (χ3n) is 4.36. The second-order valence-corrected chi connectivity index (χ2v) is 7.29. The van der Waals surface area contributed by atoms with Crippen molar-refractivity contribution in [3.8, 4) is 11.4 Å². The Kier molecular flexibility index (Phi) is 5.72. The molecule has 6 heteroatoms. The molecule has 1 amide bonds. The molecule has 0 radical (unpaired) electrons. The summed E-state index contributed by atoms with van der Waals surface area (Å²) in [6.45, 7) is -0.106. The Morgan fingerprint density at radius 1 is 1.00 bits per heavy atom. The Bertz CT molecular complexity index is 1170. The largest absolute Gasteiger partial charge is 0.484 e. The second-order valence-electron chi connectivity index (χ2n) is 6.37. The topological polar surface area (TPSA) is 55.6 Å². The van der Waals surface area contributed by atoms with Crippen molar-refractivity contribution < 1.29 is 9.53 Å². The number of aromatic nitrogens is 1. The number of benzene rings is 3. The normalized spacial score (nSPS) is 11.1. The molecule has 4 rings (SSSR count). The number of hydrogen-bond donors (Lipinski definition) is 1. The van der Waals surface area contributed by atoms with Crippen LogP contribution in [0.3, 0.4) is 0 Å². The Balaban J connectivity index is 1.39. The molecule has 0 unspecified atom stereocenters. The Morgan fingerprint density at radius 3 is 2.62 bits per heavy atom. The van der Waals surface area contributed by atoms with Gasteiger partial charge in [-0.2, -0.15) is 5.10 Å². The van der Waals surface area contributed by atoms with Gasteiger partial charge >= 0.3 is 0 Å². The molecule has 3 aromatic carbocycles. The number of ether oxygens (including phenoxy) is 1. The van der Waals surface area contributed by atoms with Gasteiger partial charge in [0.1, 0.15) is 5.75 Å². The first-order valence-corrected chi connectivity index (χ1v) is 9.85. The number of halogens is 1. The van der Waals surface area contributed by atoms with E-state index in [1.54, 1.807) is 18.3 Å². The molecule has 0 saturated heterocycles. The summed E-state index contributed by atoms with van der Waals surface area (Å²) in [5, 5.41) is 6.41. The van der Waals surface area contributed by atoms with Crippen LogP contribution in [0.1, 0.15) is 5.69 Å². The molecule has 0 aliphatic heterocycles. The van der Waals surface area contributed by atoms with Gasteiger partial charge < -0.3 is 9.30 Å². The summed E-state index contributed by atoms with van der Waals surface area (Å²) >= 11 is 3.36. The quantitative estimate of drug-likeness (QED) is 0.336. The molecule has 0 fully saturated rings. The zero-order valence-corrected chi connectivity index (χ0v) is 17.0. The smallest absolute Gasteiger partial charge is 0.277 e. The molecule has 1 aromatic heterocycles. The number of hydrogen-bond acceptors (Lipinski definition) is 3. The molecule has 1 heterocycles. The van der Waals surface area contributed by atoms with Crippen LogP contribution < -0.4 is 10.2 Å². The van der Waals surface area contributed by atoms with E-state index in [0.717, 1.165) is 15.9 Å². The maximum Gasteiger partial charge on any atom is 0.277 e. The SMILES string of the molecule is O=C(COc1ccc(Br)cc1)N/N=C/c1cccn1-c1ccc2ccccc2c1. The fourth-order valence-electron chi connectivity index (χ4n) is 2.94. The number of nitrogens with zero attached hydrogens (tertiary/aromatic N) is 2. The van der Waals surface area contributed by atoms with E-state index in [1.807, 2.05) is 47.2 Å². The molecule has 0 bridgehead atoms. The summed E-state index contributed by atoms with van der Waals surface area (Å²) < 4.78 is 8.40. The minimum Gasteiger partial charge on any atom is -0.484 e. The summed E-state index contributed by atoms with van der Waals surface area (Å²) in [7, 11) is 0. The fourth-order valence-corrected chi connectivity index (χ4v) is 3.21. The Morgan fingerprint density at radius 2 is 1.79 bits per heavy atom. The molecular weight excluding hydrogens is 430 g/mol. The summed E-state index contributed by atoms with van der Waals surface area (Å²) in [5.41, 5.74) is 4.38. The van der Waals surface area contributed by atoms with Crippen molar-refractivity contribution in [2.75, 3.05) is 6.61 Å². The van der Waals surface area contributed by atoms with Crippen LogP contribution in [0.4, 0.5) is 0 Å².